The van der Waals surface area contributed by atoms with E-state index < -0.39 is 0 Å². The van der Waals surface area contributed by atoms with E-state index >= 15 is 0 Å². The van der Waals surface area contributed by atoms with Crippen LogP contribution in [0.1, 0.15) is 12.8 Å². The largest absolute Gasteiger partial charge is 0.381 e. The van der Waals surface area contributed by atoms with Crippen LogP contribution in [0, 0.1) is 0 Å². The fourth-order valence-electron chi connectivity index (χ4n) is 2.29. The molecular weight excluding hydrogens is 440 g/mol. The SMILES string of the molecule is Brc1ccc2c(NC3CCOCC3)nn(PI)c2c1. The van der Waals surface area contributed by atoms with Crippen molar-refractivity contribution in [2.75, 3.05) is 18.5 Å². The highest BCUT2D eigenvalue weighted by molar-refractivity contribution is 14.2. The topological polar surface area (TPSA) is 39.1 Å². The van der Waals surface area contributed by atoms with E-state index in [0.29, 0.717) is 12.4 Å². The van der Waals surface area contributed by atoms with Crippen molar-refractivity contribution in [2.24, 2.45) is 0 Å². The molecular formula is C12H14BrIN3OP. The lowest BCUT2D eigenvalue weighted by Gasteiger charge is -2.23. The fourth-order valence-corrected chi connectivity index (χ4v) is 4.16. The van der Waals surface area contributed by atoms with Crippen molar-refractivity contribution >= 4 is 61.1 Å². The van der Waals surface area contributed by atoms with Gasteiger partial charge in [0.05, 0.1) is 11.9 Å². The van der Waals surface area contributed by atoms with Gasteiger partial charge in [-0.3, -0.25) is 0 Å². The number of fused-ring (bicyclic) bond motifs is 1. The molecule has 0 radical (unpaired) electrons. The number of halogens is 2. The summed E-state index contributed by atoms with van der Waals surface area (Å²) < 4.78 is 8.54. The van der Waals surface area contributed by atoms with Crippen LogP contribution in [-0.4, -0.2) is 28.8 Å². The van der Waals surface area contributed by atoms with E-state index in [-0.39, 0.29) is 0 Å². The Hall–Kier alpha value is 0.0900. The number of rotatable bonds is 3. The summed E-state index contributed by atoms with van der Waals surface area (Å²) in [6.45, 7) is 1.69. The van der Waals surface area contributed by atoms with E-state index in [1.165, 1.54) is 10.9 Å². The van der Waals surface area contributed by atoms with Crippen LogP contribution in [0.2, 0.25) is 0 Å². The second-order valence-corrected chi connectivity index (χ2v) is 7.49. The lowest BCUT2D eigenvalue weighted by Crippen LogP contribution is -2.28. The van der Waals surface area contributed by atoms with Gasteiger partial charge < -0.3 is 10.1 Å². The average molecular weight is 454 g/mol. The smallest absolute Gasteiger partial charge is 0.156 e. The van der Waals surface area contributed by atoms with Gasteiger partial charge in [0, 0.05) is 29.1 Å². The van der Waals surface area contributed by atoms with Crippen molar-refractivity contribution in [3.63, 3.8) is 0 Å². The van der Waals surface area contributed by atoms with Gasteiger partial charge in [-0.2, -0.15) is 5.10 Å². The molecule has 1 aliphatic rings. The van der Waals surface area contributed by atoms with Crippen molar-refractivity contribution in [3.05, 3.63) is 22.7 Å². The predicted octanol–water partition coefficient (Wildman–Crippen LogP) is 4.18. The maximum Gasteiger partial charge on any atom is 0.156 e. The minimum Gasteiger partial charge on any atom is -0.381 e. The maximum absolute atomic E-state index is 5.40. The molecule has 4 nitrogen and oxygen atoms in total. The molecule has 7 heteroatoms. The summed E-state index contributed by atoms with van der Waals surface area (Å²) in [6, 6.07) is 6.80. The Labute approximate surface area is 135 Å². The van der Waals surface area contributed by atoms with Crippen LogP contribution in [0.25, 0.3) is 10.9 Å². The Kier molecular flexibility index (Phi) is 4.62. The third-order valence-electron chi connectivity index (χ3n) is 3.29. The van der Waals surface area contributed by atoms with E-state index in [0.717, 1.165) is 36.3 Å². The third kappa shape index (κ3) is 3.06. The number of hydrogen-bond acceptors (Lipinski definition) is 3. The maximum atomic E-state index is 5.40. The van der Waals surface area contributed by atoms with Gasteiger partial charge in [-0.05, 0) is 53.1 Å². The quantitative estimate of drug-likeness (QED) is 0.559. The van der Waals surface area contributed by atoms with Crippen LogP contribution in [0.15, 0.2) is 22.7 Å². The first kappa shape index (κ1) is 14.0. The van der Waals surface area contributed by atoms with E-state index in [2.05, 4.69) is 65.9 Å². The van der Waals surface area contributed by atoms with Crippen LogP contribution < -0.4 is 5.32 Å². The van der Waals surface area contributed by atoms with Crippen LogP contribution >= 0.6 is 44.3 Å². The van der Waals surface area contributed by atoms with Gasteiger partial charge in [-0.25, -0.2) is 4.45 Å². The molecule has 102 valence electrons. The number of ether oxygens (including phenoxy) is 1. The Balaban J connectivity index is 1.94. The molecule has 1 aliphatic heterocycles. The Bertz CT molecular complexity index is 586. The number of aromatic nitrogens is 2. The molecule has 3 rings (SSSR count). The zero-order valence-electron chi connectivity index (χ0n) is 10.2. The molecule has 0 aliphatic carbocycles. The fraction of sp³-hybridized carbons (Fsp3) is 0.417. The predicted molar refractivity (Wildman–Crippen MR) is 92.6 cm³/mol. The van der Waals surface area contributed by atoms with E-state index in [1.807, 2.05) is 0 Å². The molecule has 1 unspecified atom stereocenters. The van der Waals surface area contributed by atoms with E-state index in [9.17, 15) is 0 Å². The summed E-state index contributed by atoms with van der Waals surface area (Å²) in [4.78, 5) is 0. The monoisotopic (exact) mass is 453 g/mol. The number of hydrogen-bond donors (Lipinski definition) is 1. The molecule has 2 heterocycles. The standard InChI is InChI=1S/C12H14BrIN3OP/c13-8-1-2-10-11(7-8)17(19-14)16-12(10)15-9-3-5-18-6-4-9/h1-2,7,9,19H,3-6H2,(H,15,16). The lowest BCUT2D eigenvalue weighted by atomic mass is 10.1. The third-order valence-corrected chi connectivity index (χ3v) is 5.65. The van der Waals surface area contributed by atoms with E-state index in [1.54, 1.807) is 0 Å². The van der Waals surface area contributed by atoms with Crippen LogP contribution in [-0.2, 0) is 4.74 Å². The van der Waals surface area contributed by atoms with Gasteiger partial charge in [-0.15, -0.1) is 0 Å². The Morgan fingerprint density at radius 1 is 1.42 bits per heavy atom. The molecule has 1 N–H and O–H groups in total. The van der Waals surface area contributed by atoms with Gasteiger partial charge >= 0.3 is 0 Å². The molecule has 0 saturated carbocycles. The Morgan fingerprint density at radius 3 is 2.95 bits per heavy atom. The van der Waals surface area contributed by atoms with Gasteiger partial charge in [-0.1, -0.05) is 15.9 Å². The minimum atomic E-state index is 0.474. The molecule has 0 spiro atoms. The van der Waals surface area contributed by atoms with Crippen LogP contribution in [0.5, 0.6) is 0 Å². The molecule has 0 bridgehead atoms. The molecule has 1 atom stereocenters. The summed E-state index contributed by atoms with van der Waals surface area (Å²) in [5.74, 6) is 0.999. The molecule has 19 heavy (non-hydrogen) atoms. The highest BCUT2D eigenvalue weighted by Crippen LogP contribution is 2.34. The van der Waals surface area contributed by atoms with Gasteiger partial charge in [0.25, 0.3) is 0 Å². The Morgan fingerprint density at radius 2 is 2.21 bits per heavy atom. The van der Waals surface area contributed by atoms with Gasteiger partial charge in [0.2, 0.25) is 0 Å². The normalized spacial score (nSPS) is 17.6. The minimum absolute atomic E-state index is 0.474. The molecule has 1 fully saturated rings. The van der Waals surface area contributed by atoms with Crippen LogP contribution in [0.4, 0.5) is 5.82 Å². The second-order valence-electron chi connectivity index (χ2n) is 4.54. The number of nitrogens with one attached hydrogen (secondary N) is 1. The van der Waals surface area contributed by atoms with Crippen molar-refractivity contribution in [1.82, 2.24) is 9.55 Å². The van der Waals surface area contributed by atoms with Crippen LogP contribution in [0.3, 0.4) is 0 Å². The summed E-state index contributed by atoms with van der Waals surface area (Å²) >= 11 is 5.89. The van der Waals surface area contributed by atoms with Crippen molar-refractivity contribution in [3.8, 4) is 0 Å². The van der Waals surface area contributed by atoms with Gasteiger partial charge in [0.15, 0.2) is 5.82 Å². The summed E-state index contributed by atoms with van der Waals surface area (Å²) in [5.41, 5.74) is 1.18. The first-order valence-corrected chi connectivity index (χ1v) is 11.0. The van der Waals surface area contributed by atoms with Gasteiger partial charge in [0.1, 0.15) is 0 Å². The summed E-state index contributed by atoms with van der Waals surface area (Å²) in [7, 11) is 0. The van der Waals surface area contributed by atoms with Crippen molar-refractivity contribution < 1.29 is 4.74 Å². The molecule has 1 saturated heterocycles. The number of benzene rings is 1. The molecule has 1 aromatic heterocycles. The molecule has 0 amide bonds. The molecule has 1 aromatic carbocycles. The average Bonchev–Trinajstić information content (AvgIpc) is 2.77. The number of anilines is 1. The lowest BCUT2D eigenvalue weighted by molar-refractivity contribution is 0.0904. The zero-order chi connectivity index (χ0) is 13.2. The van der Waals surface area contributed by atoms with Crippen molar-refractivity contribution in [1.29, 1.82) is 0 Å². The first-order chi connectivity index (χ1) is 9.28. The second kappa shape index (κ2) is 6.24. The summed E-state index contributed by atoms with van der Waals surface area (Å²) in [6.07, 6.45) is 2.71. The highest BCUT2D eigenvalue weighted by Gasteiger charge is 2.17. The summed E-state index contributed by atoms with van der Waals surface area (Å²) in [5, 5.41) is 9.46. The number of nitrogens with zero attached hydrogens (tertiary/aromatic N) is 2. The zero-order valence-corrected chi connectivity index (χ0v) is 14.9. The van der Waals surface area contributed by atoms with E-state index in [4.69, 9.17) is 9.84 Å². The first-order valence-electron chi connectivity index (χ1n) is 6.17. The van der Waals surface area contributed by atoms with Crippen molar-refractivity contribution in [2.45, 2.75) is 18.9 Å². The molecule has 2 aromatic rings. The highest BCUT2D eigenvalue weighted by atomic mass is 127.